The molecule has 1 aliphatic rings. The number of pyridine rings is 1. The zero-order chi connectivity index (χ0) is 38.0. The maximum atomic E-state index is 16.2. The molecule has 1 fully saturated rings. The van der Waals surface area contributed by atoms with Gasteiger partial charge in [-0.25, -0.2) is 18.1 Å². The quantitative estimate of drug-likeness (QED) is 0.153. The van der Waals surface area contributed by atoms with Crippen LogP contribution in [-0.2, 0) is 18.1 Å². The van der Waals surface area contributed by atoms with E-state index in [1.54, 1.807) is 11.6 Å². The molecule has 12 nitrogen and oxygen atoms in total. The second kappa shape index (κ2) is 14.9. The van der Waals surface area contributed by atoms with Crippen molar-refractivity contribution >= 4 is 11.4 Å². The minimum Gasteiger partial charge on any atom is -0.391 e. The third kappa shape index (κ3) is 7.13. The smallest absolute Gasteiger partial charge is 0.323 e. The van der Waals surface area contributed by atoms with E-state index in [0.29, 0.717) is 11.6 Å². The summed E-state index contributed by atoms with van der Waals surface area (Å²) in [5, 5.41) is 40.4. The lowest BCUT2D eigenvalue weighted by atomic mass is 9.84. The first-order valence-electron chi connectivity index (χ1n) is 17.5. The first kappa shape index (κ1) is 36.6. The van der Waals surface area contributed by atoms with E-state index >= 15 is 8.78 Å². The highest BCUT2D eigenvalue weighted by Crippen LogP contribution is 2.47. The van der Waals surface area contributed by atoms with E-state index in [1.807, 2.05) is 49.5 Å². The monoisotopic (exact) mass is 742 g/mol. The molecular weight excluding hydrogens is 704 g/mol. The van der Waals surface area contributed by atoms with E-state index in [0.717, 1.165) is 90.0 Å². The van der Waals surface area contributed by atoms with Crippen molar-refractivity contribution in [3.63, 3.8) is 0 Å². The Hall–Kier alpha value is -5.74. The van der Waals surface area contributed by atoms with Gasteiger partial charge in [0.25, 0.3) is 0 Å². The highest BCUT2D eigenvalue weighted by molar-refractivity contribution is 5.66. The van der Waals surface area contributed by atoms with Crippen LogP contribution in [0.15, 0.2) is 97.6 Å². The number of hydrogen-bond acceptors (Lipinski definition) is 10. The van der Waals surface area contributed by atoms with Crippen LogP contribution in [-0.4, -0.2) is 82.7 Å². The summed E-state index contributed by atoms with van der Waals surface area (Å²) < 4.78 is 63.4. The molecule has 1 saturated heterocycles. The van der Waals surface area contributed by atoms with Crippen LogP contribution in [0.4, 0.5) is 28.9 Å². The van der Waals surface area contributed by atoms with Crippen molar-refractivity contribution in [2.75, 3.05) is 36.0 Å². The molecule has 0 amide bonds. The third-order valence-electron chi connectivity index (χ3n) is 9.96. The molecule has 3 aromatic carbocycles. The molecule has 0 bridgehead atoms. The molecule has 0 saturated carbocycles. The van der Waals surface area contributed by atoms with Crippen molar-refractivity contribution in [3.8, 4) is 22.4 Å². The number of halogens is 4. The summed E-state index contributed by atoms with van der Waals surface area (Å²) in [4.78, 5) is 8.59. The van der Waals surface area contributed by atoms with Gasteiger partial charge in [-0.1, -0.05) is 42.5 Å². The van der Waals surface area contributed by atoms with Crippen molar-refractivity contribution in [1.29, 1.82) is 0 Å². The van der Waals surface area contributed by atoms with Crippen LogP contribution >= 0.6 is 0 Å². The molecule has 280 valence electrons. The fourth-order valence-electron chi connectivity index (χ4n) is 6.88. The van der Waals surface area contributed by atoms with Crippen molar-refractivity contribution in [2.45, 2.75) is 50.5 Å². The third-order valence-corrected chi connectivity index (χ3v) is 9.96. The van der Waals surface area contributed by atoms with Gasteiger partial charge in [0.2, 0.25) is 0 Å². The number of aliphatic hydroxyl groups excluding tert-OH is 1. The van der Waals surface area contributed by atoms with E-state index in [9.17, 15) is 19.0 Å². The molecule has 0 radical (unpaired) electrons. The Balaban J connectivity index is 0.998. The molecule has 6 aromatic rings. The van der Waals surface area contributed by atoms with Gasteiger partial charge in [0.15, 0.2) is 5.60 Å². The number of aliphatic hydroxyl groups is 2. The lowest BCUT2D eigenvalue weighted by Crippen LogP contribution is -2.48. The van der Waals surface area contributed by atoms with Gasteiger partial charge >= 0.3 is 5.92 Å². The molecular formula is C38H38F4N10O2. The average molecular weight is 743 g/mol. The second-order valence-corrected chi connectivity index (χ2v) is 13.4. The molecule has 54 heavy (non-hydrogen) atoms. The minimum absolute atomic E-state index is 0.127. The molecule has 0 spiro atoms. The van der Waals surface area contributed by atoms with E-state index in [2.05, 4.69) is 52.8 Å². The molecule has 16 heteroatoms. The van der Waals surface area contributed by atoms with Gasteiger partial charge in [-0.15, -0.1) is 10.2 Å². The summed E-state index contributed by atoms with van der Waals surface area (Å²) >= 11 is 0. The Morgan fingerprint density at radius 1 is 0.815 bits per heavy atom. The standard InChI is InChI=1S/C38H38F4N10O2/c1-3-35(25(2)53)52-22-34(45-47-52)27-6-12-31(13-7-27)50-18-16-49(17-19-50)30-10-4-26(5-11-30)28-8-15-36(43-21-28)38(41,42)37(54,23-51-24-44-46-48-51)32-14-9-29(39)20-33(32)40/h4-15,20-22,24-25,35,53-54H,3,16-19,23H2,1-2H3. The Morgan fingerprint density at radius 3 is 1.98 bits per heavy atom. The Kier molecular flexibility index (Phi) is 10.1. The van der Waals surface area contributed by atoms with E-state index in [-0.39, 0.29) is 6.04 Å². The number of aromatic nitrogens is 8. The van der Waals surface area contributed by atoms with Gasteiger partial charge in [-0.3, -0.25) is 4.98 Å². The van der Waals surface area contributed by atoms with E-state index < -0.39 is 47.1 Å². The van der Waals surface area contributed by atoms with Crippen molar-refractivity contribution in [1.82, 2.24) is 40.2 Å². The number of rotatable bonds is 12. The van der Waals surface area contributed by atoms with Crippen LogP contribution < -0.4 is 9.80 Å². The molecule has 3 aromatic heterocycles. The second-order valence-electron chi connectivity index (χ2n) is 13.4. The normalized spacial score (nSPS) is 15.9. The first-order valence-corrected chi connectivity index (χ1v) is 17.5. The van der Waals surface area contributed by atoms with Gasteiger partial charge in [0.05, 0.1) is 24.9 Å². The maximum Gasteiger partial charge on any atom is 0.323 e. The number of benzene rings is 3. The number of nitrogens with zero attached hydrogens (tertiary/aromatic N) is 10. The van der Waals surface area contributed by atoms with Crippen molar-refractivity contribution in [3.05, 3.63) is 120 Å². The highest BCUT2D eigenvalue weighted by Gasteiger charge is 2.58. The molecule has 3 atom stereocenters. The number of anilines is 2. The fourth-order valence-corrected chi connectivity index (χ4v) is 6.88. The summed E-state index contributed by atoms with van der Waals surface area (Å²) in [5.74, 6) is -6.49. The average Bonchev–Trinajstić information content (AvgIpc) is 3.88. The van der Waals surface area contributed by atoms with Crippen LogP contribution in [0.25, 0.3) is 22.4 Å². The van der Waals surface area contributed by atoms with Crippen molar-refractivity contribution in [2.24, 2.45) is 0 Å². The van der Waals surface area contributed by atoms with E-state index in [1.165, 1.54) is 12.3 Å². The zero-order valence-electron chi connectivity index (χ0n) is 29.5. The molecule has 0 aliphatic carbocycles. The largest absolute Gasteiger partial charge is 0.391 e. The Labute approximate surface area is 308 Å². The number of alkyl halides is 2. The SMILES string of the molecule is CCC(C(C)O)n1cc(-c2ccc(N3CCN(c4ccc(-c5ccc(C(F)(F)C(O)(Cn6cnnn6)c6ccc(F)cc6F)nc5)cc4)CC3)cc2)nn1. The van der Waals surface area contributed by atoms with Crippen LogP contribution in [0.3, 0.4) is 0 Å². The van der Waals surface area contributed by atoms with E-state index in [4.69, 9.17) is 0 Å². The summed E-state index contributed by atoms with van der Waals surface area (Å²) in [5.41, 5.74) is 0.255. The van der Waals surface area contributed by atoms with Crippen LogP contribution in [0.2, 0.25) is 0 Å². The zero-order valence-corrected chi connectivity index (χ0v) is 29.5. The van der Waals surface area contributed by atoms with Gasteiger partial charge in [-0.05, 0) is 71.8 Å². The highest BCUT2D eigenvalue weighted by atomic mass is 19.3. The summed E-state index contributed by atoms with van der Waals surface area (Å²) in [6, 6.07) is 20.3. The summed E-state index contributed by atoms with van der Waals surface area (Å²) in [6.45, 7) is 6.03. The van der Waals surface area contributed by atoms with Gasteiger partial charge in [0, 0.05) is 66.5 Å². The number of hydrogen-bond donors (Lipinski definition) is 2. The molecule has 4 heterocycles. The lowest BCUT2D eigenvalue weighted by molar-refractivity contribution is -0.207. The fraction of sp³-hybridized carbons (Fsp3) is 0.316. The summed E-state index contributed by atoms with van der Waals surface area (Å²) in [6.07, 6.45) is 4.35. The van der Waals surface area contributed by atoms with Gasteiger partial charge < -0.3 is 20.0 Å². The van der Waals surface area contributed by atoms with Crippen LogP contribution in [0, 0.1) is 11.6 Å². The predicted octanol–water partition coefficient (Wildman–Crippen LogP) is 5.61. The van der Waals surface area contributed by atoms with Crippen LogP contribution in [0.1, 0.15) is 37.6 Å². The Morgan fingerprint density at radius 2 is 1.44 bits per heavy atom. The molecule has 7 rings (SSSR count). The minimum atomic E-state index is -4.15. The van der Waals surface area contributed by atoms with Crippen molar-refractivity contribution < 1.29 is 27.8 Å². The molecule has 2 N–H and O–H groups in total. The maximum absolute atomic E-state index is 16.2. The topological polar surface area (TPSA) is 134 Å². The number of piperazine rings is 1. The Bertz CT molecular complexity index is 2160. The predicted molar refractivity (Wildman–Crippen MR) is 193 cm³/mol. The van der Waals surface area contributed by atoms with Gasteiger partial charge in [0.1, 0.15) is 29.3 Å². The number of tetrazole rings is 1. The molecule has 1 aliphatic heterocycles. The molecule has 3 unspecified atom stereocenters. The first-order chi connectivity index (χ1) is 26.0. The van der Waals surface area contributed by atoms with Crippen LogP contribution in [0.5, 0.6) is 0 Å². The summed E-state index contributed by atoms with van der Waals surface area (Å²) in [7, 11) is 0. The van der Waals surface area contributed by atoms with Gasteiger partial charge in [-0.2, -0.15) is 8.78 Å². The lowest BCUT2D eigenvalue weighted by Gasteiger charge is -2.37.